The maximum atomic E-state index is 6.35. The monoisotopic (exact) mass is 327 g/mol. The number of benzene rings is 1. The van der Waals surface area contributed by atoms with E-state index in [1.54, 1.807) is 0 Å². The Bertz CT molecular complexity index is 492. The first-order valence-electron chi connectivity index (χ1n) is 7.80. The average Bonchev–Trinajstić information content (AvgIpc) is 2.28. The van der Waals surface area contributed by atoms with Gasteiger partial charge in [0.15, 0.2) is 0 Å². The third-order valence-corrected chi connectivity index (χ3v) is 5.32. The van der Waals surface area contributed by atoms with Gasteiger partial charge in [0, 0.05) is 12.1 Å². The Kier molecular flexibility index (Phi) is 4.97. The van der Waals surface area contributed by atoms with Crippen molar-refractivity contribution in [2.45, 2.75) is 66.0 Å². The first-order chi connectivity index (χ1) is 9.60. The molecular formula is C18H27Cl2N. The van der Waals surface area contributed by atoms with Crippen LogP contribution in [0, 0.1) is 10.8 Å². The van der Waals surface area contributed by atoms with E-state index < -0.39 is 0 Å². The lowest BCUT2D eigenvalue weighted by Crippen LogP contribution is -2.44. The molecule has 0 saturated heterocycles. The van der Waals surface area contributed by atoms with E-state index in [9.17, 15) is 0 Å². The molecule has 3 heteroatoms. The maximum Gasteiger partial charge on any atom is 0.0639 e. The van der Waals surface area contributed by atoms with E-state index in [0.29, 0.717) is 26.9 Å². The van der Waals surface area contributed by atoms with E-state index in [4.69, 9.17) is 23.2 Å². The van der Waals surface area contributed by atoms with Gasteiger partial charge < -0.3 is 5.32 Å². The van der Waals surface area contributed by atoms with Crippen LogP contribution < -0.4 is 5.32 Å². The van der Waals surface area contributed by atoms with Gasteiger partial charge in [0.25, 0.3) is 0 Å². The molecule has 1 saturated carbocycles. The minimum atomic E-state index is 0.214. The fourth-order valence-electron chi connectivity index (χ4n) is 4.26. The number of rotatable bonds is 3. The number of hydrogen-bond donors (Lipinski definition) is 1. The van der Waals surface area contributed by atoms with Crippen molar-refractivity contribution >= 4 is 23.2 Å². The molecule has 1 fully saturated rings. The zero-order valence-electron chi connectivity index (χ0n) is 13.8. The van der Waals surface area contributed by atoms with Gasteiger partial charge in [-0.1, -0.05) is 63.0 Å². The molecule has 0 aromatic heterocycles. The van der Waals surface area contributed by atoms with E-state index in [2.05, 4.69) is 46.0 Å². The molecule has 21 heavy (non-hydrogen) atoms. The van der Waals surface area contributed by atoms with Crippen molar-refractivity contribution in [3.63, 3.8) is 0 Å². The normalized spacial score (nSPS) is 23.0. The Labute approximate surface area is 139 Å². The van der Waals surface area contributed by atoms with Crippen LogP contribution in [0.3, 0.4) is 0 Å². The molecule has 1 N–H and O–H groups in total. The van der Waals surface area contributed by atoms with Gasteiger partial charge in [-0.2, -0.15) is 0 Å². The van der Waals surface area contributed by atoms with Crippen LogP contribution >= 0.6 is 23.2 Å². The Hall–Kier alpha value is -0.240. The second kappa shape index (κ2) is 6.10. The topological polar surface area (TPSA) is 12.0 Å². The highest BCUT2D eigenvalue weighted by molar-refractivity contribution is 6.42. The molecule has 1 aliphatic rings. The van der Waals surface area contributed by atoms with E-state index in [1.807, 2.05) is 12.1 Å². The molecule has 1 nitrogen and oxygen atoms in total. The molecule has 2 rings (SSSR count). The summed E-state index contributed by atoms with van der Waals surface area (Å²) in [4.78, 5) is 0. The molecule has 0 radical (unpaired) electrons. The van der Waals surface area contributed by atoms with Gasteiger partial charge in [-0.3, -0.25) is 0 Å². The maximum absolute atomic E-state index is 6.35. The SMILES string of the molecule is CC(NC1CC(C)(C)CC(C)(C)C1)c1cccc(Cl)c1Cl. The van der Waals surface area contributed by atoms with E-state index in [1.165, 1.54) is 19.3 Å². The zero-order chi connectivity index (χ0) is 15.8. The second-order valence-electron chi connectivity index (χ2n) is 8.14. The van der Waals surface area contributed by atoms with Gasteiger partial charge in [0.1, 0.15) is 0 Å². The molecule has 1 atom stereocenters. The lowest BCUT2D eigenvalue weighted by atomic mass is 9.63. The Morgan fingerprint density at radius 3 is 2.24 bits per heavy atom. The largest absolute Gasteiger partial charge is 0.307 e. The lowest BCUT2D eigenvalue weighted by Gasteiger charge is -2.46. The number of nitrogens with one attached hydrogen (secondary N) is 1. The summed E-state index contributed by atoms with van der Waals surface area (Å²) in [5, 5.41) is 5.08. The Balaban J connectivity index is 2.12. The predicted octanol–water partition coefficient (Wildman–Crippen LogP) is 6.25. The van der Waals surface area contributed by atoms with Crippen LogP contribution in [-0.4, -0.2) is 6.04 Å². The van der Waals surface area contributed by atoms with Gasteiger partial charge in [-0.25, -0.2) is 0 Å². The highest BCUT2D eigenvalue weighted by Gasteiger charge is 2.38. The third-order valence-electron chi connectivity index (χ3n) is 4.49. The first kappa shape index (κ1) is 17.1. The molecule has 1 aromatic rings. The molecule has 0 amide bonds. The van der Waals surface area contributed by atoms with Crippen LogP contribution in [0.15, 0.2) is 18.2 Å². The fraction of sp³-hybridized carbons (Fsp3) is 0.667. The van der Waals surface area contributed by atoms with Crippen LogP contribution in [0.4, 0.5) is 0 Å². The van der Waals surface area contributed by atoms with Gasteiger partial charge >= 0.3 is 0 Å². The first-order valence-corrected chi connectivity index (χ1v) is 8.55. The predicted molar refractivity (Wildman–Crippen MR) is 93.2 cm³/mol. The van der Waals surface area contributed by atoms with Crippen molar-refractivity contribution in [2.75, 3.05) is 0 Å². The van der Waals surface area contributed by atoms with Crippen molar-refractivity contribution in [3.05, 3.63) is 33.8 Å². The van der Waals surface area contributed by atoms with Crippen LogP contribution in [0.1, 0.15) is 65.5 Å². The van der Waals surface area contributed by atoms with Crippen molar-refractivity contribution in [1.82, 2.24) is 5.32 Å². The van der Waals surface area contributed by atoms with Crippen molar-refractivity contribution in [3.8, 4) is 0 Å². The summed E-state index contributed by atoms with van der Waals surface area (Å²) in [7, 11) is 0. The number of hydrogen-bond acceptors (Lipinski definition) is 1. The highest BCUT2D eigenvalue weighted by atomic mass is 35.5. The molecular weight excluding hydrogens is 301 g/mol. The second-order valence-corrected chi connectivity index (χ2v) is 8.93. The molecule has 118 valence electrons. The van der Waals surface area contributed by atoms with Gasteiger partial charge in [-0.15, -0.1) is 0 Å². The van der Waals surface area contributed by atoms with E-state index >= 15 is 0 Å². The Morgan fingerprint density at radius 1 is 1.10 bits per heavy atom. The summed E-state index contributed by atoms with van der Waals surface area (Å²) in [6.45, 7) is 11.7. The third kappa shape index (κ3) is 4.37. The van der Waals surface area contributed by atoms with Crippen molar-refractivity contribution in [2.24, 2.45) is 10.8 Å². The lowest BCUT2D eigenvalue weighted by molar-refractivity contribution is 0.0811. The minimum Gasteiger partial charge on any atom is -0.307 e. The summed E-state index contributed by atoms with van der Waals surface area (Å²) < 4.78 is 0. The van der Waals surface area contributed by atoms with Crippen molar-refractivity contribution < 1.29 is 0 Å². The highest BCUT2D eigenvalue weighted by Crippen LogP contribution is 2.46. The summed E-state index contributed by atoms with van der Waals surface area (Å²) >= 11 is 12.5. The van der Waals surface area contributed by atoms with Crippen molar-refractivity contribution in [1.29, 1.82) is 0 Å². The molecule has 1 aromatic carbocycles. The summed E-state index contributed by atoms with van der Waals surface area (Å²) in [6, 6.07) is 6.61. The van der Waals surface area contributed by atoms with Gasteiger partial charge in [0.2, 0.25) is 0 Å². The molecule has 1 unspecified atom stereocenters. The summed E-state index contributed by atoms with van der Waals surface area (Å²) in [5.41, 5.74) is 1.86. The van der Waals surface area contributed by atoms with E-state index in [-0.39, 0.29) is 6.04 Å². The zero-order valence-corrected chi connectivity index (χ0v) is 15.3. The summed E-state index contributed by atoms with van der Waals surface area (Å²) in [5.74, 6) is 0. The standard InChI is InChI=1S/C18H27Cl2N/c1-12(14-7-6-8-15(19)16(14)20)21-13-9-17(2,3)11-18(4,5)10-13/h6-8,12-13,21H,9-11H2,1-5H3. The fourth-order valence-corrected chi connectivity index (χ4v) is 4.73. The van der Waals surface area contributed by atoms with Crippen LogP contribution in [0.5, 0.6) is 0 Å². The smallest absolute Gasteiger partial charge is 0.0639 e. The summed E-state index contributed by atoms with van der Waals surface area (Å²) in [6.07, 6.45) is 3.70. The quantitative estimate of drug-likeness (QED) is 0.691. The minimum absolute atomic E-state index is 0.214. The number of halogens is 2. The van der Waals surface area contributed by atoms with Gasteiger partial charge in [0.05, 0.1) is 10.0 Å². The molecule has 0 spiro atoms. The van der Waals surface area contributed by atoms with Crippen LogP contribution in [0.25, 0.3) is 0 Å². The Morgan fingerprint density at radius 2 is 1.67 bits per heavy atom. The van der Waals surface area contributed by atoms with E-state index in [0.717, 1.165) is 5.56 Å². The average molecular weight is 328 g/mol. The molecule has 0 bridgehead atoms. The molecule has 1 aliphatic carbocycles. The van der Waals surface area contributed by atoms with Crippen LogP contribution in [0.2, 0.25) is 10.0 Å². The molecule has 0 aliphatic heterocycles. The molecule has 0 heterocycles. The van der Waals surface area contributed by atoms with Gasteiger partial charge in [-0.05, 0) is 48.6 Å². The van der Waals surface area contributed by atoms with Crippen LogP contribution in [-0.2, 0) is 0 Å².